The average molecular weight is 369 g/mol. The third-order valence-corrected chi connectivity index (χ3v) is 4.57. The summed E-state index contributed by atoms with van der Waals surface area (Å²) in [6.07, 6.45) is 0. The van der Waals surface area contributed by atoms with Crippen LogP contribution in [0.2, 0.25) is 0 Å². The number of nitrogens with two attached hydrogens (primary N) is 1. The lowest BCUT2D eigenvalue weighted by atomic mass is 9.93. The molecule has 0 aliphatic rings. The van der Waals surface area contributed by atoms with Crippen LogP contribution in [0.3, 0.4) is 0 Å². The van der Waals surface area contributed by atoms with Crippen LogP contribution in [-0.2, 0) is 0 Å². The summed E-state index contributed by atoms with van der Waals surface area (Å²) in [5.74, 6) is 0.782. The van der Waals surface area contributed by atoms with Gasteiger partial charge in [0.15, 0.2) is 0 Å². The van der Waals surface area contributed by atoms with E-state index in [4.69, 9.17) is 20.6 Å². The Balaban J connectivity index is 2.23. The monoisotopic (exact) mass is 369 g/mol. The first-order valence-corrected chi connectivity index (χ1v) is 8.79. The molecule has 0 saturated heterocycles. The molecule has 6 heteroatoms. The molecule has 2 aromatic rings. The largest absolute Gasteiger partial charge is 0.497 e. The summed E-state index contributed by atoms with van der Waals surface area (Å²) in [6.45, 7) is 3.97. The van der Waals surface area contributed by atoms with E-state index in [0.717, 1.165) is 16.9 Å². The Kier molecular flexibility index (Phi) is 6.96. The lowest BCUT2D eigenvalue weighted by Gasteiger charge is -2.19. The van der Waals surface area contributed by atoms with E-state index in [1.807, 2.05) is 37.3 Å². The van der Waals surface area contributed by atoms with Crippen molar-refractivity contribution >= 4 is 11.6 Å². The first kappa shape index (κ1) is 20.5. The molecule has 6 nitrogen and oxygen atoms in total. The molecule has 2 atom stereocenters. The van der Waals surface area contributed by atoms with Crippen LogP contribution >= 0.6 is 0 Å². The zero-order valence-electron chi connectivity index (χ0n) is 16.2. The SMILES string of the molecule is COc1cccc([C@@H](C)NC(=O)c2ccc(C(CN)C(C)=N)cc2OC)c1. The van der Waals surface area contributed by atoms with Crippen LogP contribution in [0.15, 0.2) is 42.5 Å². The molecular formula is C21H27N3O3. The van der Waals surface area contributed by atoms with Gasteiger partial charge >= 0.3 is 0 Å². The summed E-state index contributed by atoms with van der Waals surface area (Å²) in [4.78, 5) is 12.8. The van der Waals surface area contributed by atoms with Gasteiger partial charge in [0.25, 0.3) is 5.91 Å². The predicted molar refractivity (Wildman–Crippen MR) is 107 cm³/mol. The Morgan fingerprint density at radius 2 is 1.89 bits per heavy atom. The minimum Gasteiger partial charge on any atom is -0.497 e. The van der Waals surface area contributed by atoms with Crippen molar-refractivity contribution in [3.8, 4) is 11.5 Å². The number of ether oxygens (including phenoxy) is 2. The highest BCUT2D eigenvalue weighted by atomic mass is 16.5. The second-order valence-electron chi connectivity index (χ2n) is 6.40. The van der Waals surface area contributed by atoms with Crippen LogP contribution in [0.1, 0.15) is 47.3 Å². The molecule has 0 spiro atoms. The van der Waals surface area contributed by atoms with Crippen molar-refractivity contribution in [1.82, 2.24) is 5.32 Å². The Morgan fingerprint density at radius 1 is 1.15 bits per heavy atom. The van der Waals surface area contributed by atoms with Crippen molar-refractivity contribution in [3.63, 3.8) is 0 Å². The average Bonchev–Trinajstić information content (AvgIpc) is 2.67. The zero-order chi connectivity index (χ0) is 20.0. The molecule has 0 fully saturated rings. The molecule has 0 bridgehead atoms. The quantitative estimate of drug-likeness (QED) is 0.622. The smallest absolute Gasteiger partial charge is 0.255 e. The molecule has 1 unspecified atom stereocenters. The number of hydrogen-bond donors (Lipinski definition) is 3. The van der Waals surface area contributed by atoms with Crippen LogP contribution in [0, 0.1) is 5.41 Å². The van der Waals surface area contributed by atoms with Gasteiger partial charge < -0.3 is 25.9 Å². The van der Waals surface area contributed by atoms with Gasteiger partial charge in [0, 0.05) is 18.2 Å². The van der Waals surface area contributed by atoms with Gasteiger partial charge in [-0.05, 0) is 49.2 Å². The summed E-state index contributed by atoms with van der Waals surface area (Å²) in [7, 11) is 3.13. The van der Waals surface area contributed by atoms with Crippen LogP contribution in [0.4, 0.5) is 0 Å². The molecule has 1 amide bonds. The third-order valence-electron chi connectivity index (χ3n) is 4.57. The summed E-state index contributed by atoms with van der Waals surface area (Å²) in [5, 5.41) is 10.8. The molecule has 0 aliphatic carbocycles. The Labute approximate surface area is 160 Å². The lowest BCUT2D eigenvalue weighted by Crippen LogP contribution is -2.27. The second kappa shape index (κ2) is 9.19. The van der Waals surface area contributed by atoms with Crippen LogP contribution < -0.4 is 20.5 Å². The standard InChI is InChI=1S/C21H27N3O3/c1-13(23)19(12-22)16-8-9-18(20(11-16)27-4)21(25)24-14(2)15-6-5-7-17(10-15)26-3/h5-11,14,19,23H,12,22H2,1-4H3,(H,24,25)/t14-,19?/m1/s1. The van der Waals surface area contributed by atoms with Crippen molar-refractivity contribution in [2.45, 2.75) is 25.8 Å². The second-order valence-corrected chi connectivity index (χ2v) is 6.40. The fraction of sp³-hybridized carbons (Fsp3) is 0.333. The van der Waals surface area contributed by atoms with Crippen molar-refractivity contribution < 1.29 is 14.3 Å². The summed E-state index contributed by atoms with van der Waals surface area (Å²) in [6, 6.07) is 12.7. The number of hydrogen-bond acceptors (Lipinski definition) is 5. The molecular weight excluding hydrogens is 342 g/mol. The van der Waals surface area contributed by atoms with Gasteiger partial charge in [-0.3, -0.25) is 4.79 Å². The normalized spacial score (nSPS) is 12.8. The molecule has 4 N–H and O–H groups in total. The van der Waals surface area contributed by atoms with Gasteiger partial charge in [-0.2, -0.15) is 0 Å². The number of benzene rings is 2. The topological polar surface area (TPSA) is 97.4 Å². The number of carbonyl (C=O) groups excluding carboxylic acids is 1. The fourth-order valence-corrected chi connectivity index (χ4v) is 2.94. The van der Waals surface area contributed by atoms with Crippen LogP contribution in [-0.4, -0.2) is 32.4 Å². The van der Waals surface area contributed by atoms with Gasteiger partial charge in [0.1, 0.15) is 11.5 Å². The number of rotatable bonds is 8. The molecule has 27 heavy (non-hydrogen) atoms. The summed E-state index contributed by atoms with van der Waals surface area (Å²) >= 11 is 0. The third kappa shape index (κ3) is 4.86. The first-order chi connectivity index (χ1) is 12.9. The molecule has 2 rings (SSSR count). The van der Waals surface area contributed by atoms with Crippen LogP contribution in [0.25, 0.3) is 0 Å². The summed E-state index contributed by atoms with van der Waals surface area (Å²) < 4.78 is 10.6. The van der Waals surface area contributed by atoms with E-state index in [9.17, 15) is 4.79 Å². The molecule has 0 saturated carbocycles. The van der Waals surface area contributed by atoms with E-state index < -0.39 is 0 Å². The van der Waals surface area contributed by atoms with Gasteiger partial charge in [-0.25, -0.2) is 0 Å². The molecule has 0 heterocycles. The molecule has 0 radical (unpaired) electrons. The van der Waals surface area contributed by atoms with Crippen molar-refractivity contribution in [2.24, 2.45) is 5.73 Å². The maximum atomic E-state index is 12.8. The Hall–Kier alpha value is -2.86. The predicted octanol–water partition coefficient (Wildman–Crippen LogP) is 3.28. The highest BCUT2D eigenvalue weighted by molar-refractivity contribution is 5.97. The van der Waals surface area contributed by atoms with E-state index in [-0.39, 0.29) is 17.9 Å². The maximum absolute atomic E-state index is 12.8. The van der Waals surface area contributed by atoms with E-state index in [2.05, 4.69) is 5.32 Å². The molecule has 144 valence electrons. The highest BCUT2D eigenvalue weighted by Crippen LogP contribution is 2.26. The van der Waals surface area contributed by atoms with Gasteiger partial charge in [-0.1, -0.05) is 18.2 Å². The maximum Gasteiger partial charge on any atom is 0.255 e. The summed E-state index contributed by atoms with van der Waals surface area (Å²) in [5.41, 5.74) is 8.50. The lowest BCUT2D eigenvalue weighted by molar-refractivity contribution is 0.0936. The molecule has 0 aromatic heterocycles. The minimum absolute atomic E-state index is 0.188. The van der Waals surface area contributed by atoms with Crippen molar-refractivity contribution in [1.29, 1.82) is 5.41 Å². The fourth-order valence-electron chi connectivity index (χ4n) is 2.94. The van der Waals surface area contributed by atoms with E-state index in [0.29, 0.717) is 23.6 Å². The van der Waals surface area contributed by atoms with Crippen LogP contribution in [0.5, 0.6) is 11.5 Å². The van der Waals surface area contributed by atoms with Gasteiger partial charge in [0.05, 0.1) is 25.8 Å². The van der Waals surface area contributed by atoms with E-state index in [1.165, 1.54) is 7.11 Å². The Bertz CT molecular complexity index is 820. The highest BCUT2D eigenvalue weighted by Gasteiger charge is 2.19. The van der Waals surface area contributed by atoms with Crippen molar-refractivity contribution in [2.75, 3.05) is 20.8 Å². The van der Waals surface area contributed by atoms with Crippen molar-refractivity contribution in [3.05, 3.63) is 59.2 Å². The molecule has 2 aromatic carbocycles. The van der Waals surface area contributed by atoms with Gasteiger partial charge in [0.2, 0.25) is 0 Å². The number of nitrogens with one attached hydrogen (secondary N) is 2. The Morgan fingerprint density at radius 3 is 2.48 bits per heavy atom. The molecule has 0 aliphatic heterocycles. The van der Waals surface area contributed by atoms with Gasteiger partial charge in [-0.15, -0.1) is 0 Å². The first-order valence-electron chi connectivity index (χ1n) is 8.79. The zero-order valence-corrected chi connectivity index (χ0v) is 16.2. The van der Waals surface area contributed by atoms with E-state index in [1.54, 1.807) is 26.2 Å². The number of amides is 1. The number of carbonyl (C=O) groups is 1. The minimum atomic E-state index is -0.232. The number of methoxy groups -OCH3 is 2. The van der Waals surface area contributed by atoms with E-state index >= 15 is 0 Å².